The van der Waals surface area contributed by atoms with Gasteiger partial charge in [-0.25, -0.2) is 0 Å². The van der Waals surface area contributed by atoms with E-state index in [1.807, 2.05) is 30.3 Å². The van der Waals surface area contributed by atoms with Gasteiger partial charge in [-0.1, -0.05) is 29.4 Å². The van der Waals surface area contributed by atoms with Gasteiger partial charge < -0.3 is 10.1 Å². The van der Waals surface area contributed by atoms with Gasteiger partial charge in [0.15, 0.2) is 0 Å². The van der Waals surface area contributed by atoms with Crippen molar-refractivity contribution in [1.82, 2.24) is 20.2 Å². The summed E-state index contributed by atoms with van der Waals surface area (Å²) in [6.07, 6.45) is 3.45. The van der Waals surface area contributed by atoms with Crippen LogP contribution in [0.15, 0.2) is 41.6 Å². The fourth-order valence-electron chi connectivity index (χ4n) is 2.11. The summed E-state index contributed by atoms with van der Waals surface area (Å²) >= 11 is 0. The van der Waals surface area contributed by atoms with E-state index in [2.05, 4.69) is 20.3 Å². The van der Waals surface area contributed by atoms with Crippen LogP contribution in [0.1, 0.15) is 11.4 Å². The van der Waals surface area contributed by atoms with Crippen molar-refractivity contribution in [2.45, 2.75) is 6.04 Å². The summed E-state index contributed by atoms with van der Waals surface area (Å²) in [5.74, 6) is 0. The molecule has 0 amide bonds. The first-order chi connectivity index (χ1) is 9.33. The van der Waals surface area contributed by atoms with Crippen molar-refractivity contribution in [2.75, 3.05) is 0 Å². The lowest BCUT2D eigenvalue weighted by Gasteiger charge is -2.24. The lowest BCUT2D eigenvalue weighted by molar-refractivity contribution is -0.102. The summed E-state index contributed by atoms with van der Waals surface area (Å²) in [5.41, 5.74) is 2.60. The zero-order valence-electron chi connectivity index (χ0n) is 9.67. The predicted molar refractivity (Wildman–Crippen MR) is 67.0 cm³/mol. The van der Waals surface area contributed by atoms with Gasteiger partial charge in [-0.3, -0.25) is 0 Å². The van der Waals surface area contributed by atoms with Gasteiger partial charge in [-0.2, -0.15) is 10.0 Å². The van der Waals surface area contributed by atoms with Crippen molar-refractivity contribution >= 4 is 11.8 Å². The molecule has 0 saturated carbocycles. The fraction of sp³-hybridized carbons (Fsp3) is 0.0833. The number of hydrogen-bond donors (Lipinski definition) is 0. The fourth-order valence-corrected chi connectivity index (χ4v) is 2.11. The van der Waals surface area contributed by atoms with Gasteiger partial charge in [-0.15, -0.1) is 10.2 Å². The average molecular weight is 254 g/mol. The minimum atomic E-state index is -0.534. The molecule has 0 bridgehead atoms. The summed E-state index contributed by atoms with van der Waals surface area (Å²) in [4.78, 5) is 6.13. The molecule has 0 radical (unpaired) electrons. The molecule has 19 heavy (non-hydrogen) atoms. The Morgan fingerprint density at radius 3 is 2.84 bits per heavy atom. The first-order valence-electron chi connectivity index (χ1n) is 5.76. The van der Waals surface area contributed by atoms with E-state index in [9.17, 15) is 5.21 Å². The number of fused-ring (bicyclic) bond motifs is 3. The van der Waals surface area contributed by atoms with Gasteiger partial charge in [0.1, 0.15) is 23.1 Å². The van der Waals surface area contributed by atoms with E-state index >= 15 is 0 Å². The van der Waals surface area contributed by atoms with Gasteiger partial charge in [0, 0.05) is 0 Å². The zero-order chi connectivity index (χ0) is 12.8. The maximum absolute atomic E-state index is 11.4. The van der Waals surface area contributed by atoms with Crippen LogP contribution in [0.25, 0.3) is 11.8 Å². The number of rotatable bonds is 1. The van der Waals surface area contributed by atoms with Crippen molar-refractivity contribution in [3.05, 3.63) is 53.0 Å². The van der Waals surface area contributed by atoms with Crippen LogP contribution in [-0.2, 0) is 4.94 Å². The Morgan fingerprint density at radius 2 is 2.00 bits per heavy atom. The van der Waals surface area contributed by atoms with Crippen molar-refractivity contribution in [3.63, 3.8) is 0 Å². The zero-order valence-corrected chi connectivity index (χ0v) is 9.67. The number of benzene rings is 1. The molecule has 1 atom stereocenters. The van der Waals surface area contributed by atoms with E-state index in [-0.39, 0.29) is 0 Å². The minimum Gasteiger partial charge on any atom is -0.750 e. The molecule has 2 aromatic rings. The van der Waals surface area contributed by atoms with Gasteiger partial charge in [0.05, 0.1) is 5.69 Å². The molecule has 1 unspecified atom stereocenters. The monoisotopic (exact) mass is 254 g/mol. The molecule has 1 aliphatic heterocycles. The van der Waals surface area contributed by atoms with E-state index in [4.69, 9.17) is 0 Å². The van der Waals surface area contributed by atoms with Crippen molar-refractivity contribution in [3.8, 4) is 5.69 Å². The highest BCUT2D eigenvalue weighted by molar-refractivity contribution is 6.08. The molecule has 1 aromatic carbocycles. The Balaban J connectivity index is 1.82. The summed E-state index contributed by atoms with van der Waals surface area (Å²) in [6.45, 7) is 0. The van der Waals surface area contributed by atoms with Crippen LogP contribution in [0.5, 0.6) is 0 Å². The molecule has 94 valence electrons. The topological polar surface area (TPSA) is 78.6 Å². The molecule has 0 saturated heterocycles. The van der Waals surface area contributed by atoms with Gasteiger partial charge in [0.2, 0.25) is 0 Å². The molecule has 7 nitrogen and oxygen atoms in total. The van der Waals surface area contributed by atoms with Crippen LogP contribution in [0.3, 0.4) is 0 Å². The molecule has 4 rings (SSSR count). The summed E-state index contributed by atoms with van der Waals surface area (Å²) in [5, 5.41) is 24.3. The Bertz CT molecular complexity index is 691. The largest absolute Gasteiger partial charge is 0.750 e. The second kappa shape index (κ2) is 3.74. The molecule has 7 heteroatoms. The third kappa shape index (κ3) is 1.49. The Hall–Kier alpha value is -2.51. The van der Waals surface area contributed by atoms with Crippen LogP contribution < -0.4 is 0 Å². The standard InChI is InChI=1S/C12H8N5O2/c18-17-10-7-6-9-11(12(10)15-19-17)14-16(13-9)8-4-2-1-3-5-8/h1-7,10H/q-1. The van der Waals surface area contributed by atoms with Crippen LogP contribution >= 0.6 is 0 Å². The highest BCUT2D eigenvalue weighted by atomic mass is 17.0. The van der Waals surface area contributed by atoms with Gasteiger partial charge in [0.25, 0.3) is 0 Å². The second-order valence-electron chi connectivity index (χ2n) is 4.21. The molecule has 2 heterocycles. The first-order valence-corrected chi connectivity index (χ1v) is 5.76. The van der Waals surface area contributed by atoms with E-state index < -0.39 is 6.04 Å². The number of hydroxylamine groups is 2. The molecule has 0 N–H and O–H groups in total. The number of aromatic nitrogens is 3. The molecule has 2 aliphatic rings. The Labute approximate surface area is 107 Å². The normalized spacial score (nSPS) is 20.7. The van der Waals surface area contributed by atoms with E-state index in [1.165, 1.54) is 4.80 Å². The molecule has 1 aliphatic carbocycles. The lowest BCUT2D eigenvalue weighted by atomic mass is 10.0. The molecule has 0 spiro atoms. The Morgan fingerprint density at radius 1 is 1.16 bits per heavy atom. The maximum Gasteiger partial charge on any atom is 0.140 e. The summed E-state index contributed by atoms with van der Waals surface area (Å²) < 4.78 is 0. The van der Waals surface area contributed by atoms with E-state index in [0.29, 0.717) is 22.3 Å². The van der Waals surface area contributed by atoms with Gasteiger partial charge >= 0.3 is 0 Å². The van der Waals surface area contributed by atoms with Crippen LogP contribution in [-0.4, -0.2) is 32.0 Å². The van der Waals surface area contributed by atoms with Crippen LogP contribution in [0.2, 0.25) is 0 Å². The lowest BCUT2D eigenvalue weighted by Crippen LogP contribution is -2.31. The SMILES string of the molecule is [O-]N1ON=C2c3nn(-c4ccccc4)nc3C=CC21. The highest BCUT2D eigenvalue weighted by Crippen LogP contribution is 2.25. The van der Waals surface area contributed by atoms with Crippen molar-refractivity contribution in [1.29, 1.82) is 0 Å². The predicted octanol–water partition coefficient (Wildman–Crippen LogP) is 1.11. The van der Waals surface area contributed by atoms with Gasteiger partial charge in [-0.05, 0) is 18.2 Å². The quantitative estimate of drug-likeness (QED) is 0.761. The van der Waals surface area contributed by atoms with Crippen molar-refractivity contribution in [2.24, 2.45) is 5.16 Å². The number of nitrogens with zero attached hydrogens (tertiary/aromatic N) is 5. The molecular weight excluding hydrogens is 246 g/mol. The number of hydrogen-bond acceptors (Lipinski definition) is 6. The first kappa shape index (κ1) is 10.4. The smallest absolute Gasteiger partial charge is 0.140 e. The second-order valence-corrected chi connectivity index (χ2v) is 4.21. The number of oxime groups is 1. The third-order valence-corrected chi connectivity index (χ3v) is 3.03. The van der Waals surface area contributed by atoms with Crippen LogP contribution in [0.4, 0.5) is 0 Å². The Kier molecular flexibility index (Phi) is 2.05. The molecular formula is C12H8N5O2-. The molecule has 0 fully saturated rings. The average Bonchev–Trinajstić information content (AvgIpc) is 3.03. The summed E-state index contributed by atoms with van der Waals surface area (Å²) in [7, 11) is 0. The minimum absolute atomic E-state index is 0.441. The summed E-state index contributed by atoms with van der Waals surface area (Å²) in [6, 6.07) is 9.01. The maximum atomic E-state index is 11.4. The molecule has 1 aromatic heterocycles. The van der Waals surface area contributed by atoms with Crippen LogP contribution in [0, 0.1) is 5.21 Å². The van der Waals surface area contributed by atoms with E-state index in [0.717, 1.165) is 5.69 Å². The number of para-hydroxylation sites is 1. The van der Waals surface area contributed by atoms with Crippen molar-refractivity contribution < 1.29 is 4.94 Å². The third-order valence-electron chi connectivity index (χ3n) is 3.03. The highest BCUT2D eigenvalue weighted by Gasteiger charge is 2.32. The van der Waals surface area contributed by atoms with E-state index in [1.54, 1.807) is 12.2 Å².